The smallest absolute Gasteiger partial charge is 0.228 e. The van der Waals surface area contributed by atoms with Gasteiger partial charge < -0.3 is 9.64 Å². The molecular weight excluding hydrogens is 398 g/mol. The average molecular weight is 422 g/mol. The number of rotatable bonds is 5. The molecular formula is C24H24ClN3O2. The molecule has 30 heavy (non-hydrogen) atoms. The number of carbonyl (C=O) groups is 1. The minimum absolute atomic E-state index is 0.0611. The largest absolute Gasteiger partial charge is 0.368 e. The molecule has 0 bridgehead atoms. The van der Waals surface area contributed by atoms with Crippen molar-refractivity contribution in [2.75, 3.05) is 19.7 Å². The lowest BCUT2D eigenvalue weighted by molar-refractivity contribution is -0.138. The van der Waals surface area contributed by atoms with E-state index in [9.17, 15) is 4.79 Å². The van der Waals surface area contributed by atoms with Gasteiger partial charge in [-0.2, -0.15) is 0 Å². The van der Waals surface area contributed by atoms with Crippen LogP contribution in [0, 0.1) is 6.92 Å². The highest BCUT2D eigenvalue weighted by molar-refractivity contribution is 6.31. The molecule has 0 radical (unpaired) electrons. The molecule has 1 aromatic carbocycles. The molecule has 3 aromatic rings. The van der Waals surface area contributed by atoms with E-state index in [-0.39, 0.29) is 12.0 Å². The highest BCUT2D eigenvalue weighted by atomic mass is 35.5. The first-order chi connectivity index (χ1) is 14.6. The van der Waals surface area contributed by atoms with Gasteiger partial charge in [0.15, 0.2) is 0 Å². The first kappa shape index (κ1) is 20.5. The van der Waals surface area contributed by atoms with Crippen LogP contribution in [0.5, 0.6) is 0 Å². The van der Waals surface area contributed by atoms with Crippen molar-refractivity contribution in [3.05, 3.63) is 94.0 Å². The number of nitrogens with zero attached hydrogens (tertiary/aromatic N) is 3. The Hall–Kier alpha value is -2.76. The quantitative estimate of drug-likeness (QED) is 0.620. The van der Waals surface area contributed by atoms with Crippen LogP contribution in [0.4, 0.5) is 0 Å². The van der Waals surface area contributed by atoms with Crippen LogP contribution in [0.15, 0.2) is 60.8 Å². The molecule has 4 rings (SSSR count). The molecule has 1 aliphatic heterocycles. The van der Waals surface area contributed by atoms with Crippen LogP contribution in [0.2, 0.25) is 5.02 Å². The summed E-state index contributed by atoms with van der Waals surface area (Å²) >= 11 is 6.33. The van der Waals surface area contributed by atoms with Crippen LogP contribution >= 0.6 is 11.6 Å². The minimum Gasteiger partial charge on any atom is -0.368 e. The van der Waals surface area contributed by atoms with Crippen LogP contribution in [0.3, 0.4) is 0 Å². The molecule has 0 N–H and O–H groups in total. The summed E-state index contributed by atoms with van der Waals surface area (Å²) < 4.78 is 5.98. The molecule has 0 aliphatic carbocycles. The van der Waals surface area contributed by atoms with E-state index in [2.05, 4.69) is 17.1 Å². The van der Waals surface area contributed by atoms with Crippen LogP contribution in [-0.4, -0.2) is 40.5 Å². The van der Waals surface area contributed by atoms with Gasteiger partial charge in [-0.3, -0.25) is 14.8 Å². The van der Waals surface area contributed by atoms with Gasteiger partial charge in [0.05, 0.1) is 25.3 Å². The zero-order chi connectivity index (χ0) is 20.9. The van der Waals surface area contributed by atoms with Crippen molar-refractivity contribution >= 4 is 17.5 Å². The number of aromatic nitrogens is 2. The van der Waals surface area contributed by atoms with E-state index in [0.717, 1.165) is 39.7 Å². The highest BCUT2D eigenvalue weighted by Gasteiger charge is 2.27. The number of hydrogen-bond donors (Lipinski definition) is 0. The van der Waals surface area contributed by atoms with Crippen molar-refractivity contribution in [1.82, 2.24) is 14.9 Å². The number of ether oxygens (including phenoxy) is 1. The first-order valence-corrected chi connectivity index (χ1v) is 10.5. The van der Waals surface area contributed by atoms with Gasteiger partial charge in [0, 0.05) is 29.2 Å². The van der Waals surface area contributed by atoms with Gasteiger partial charge in [-0.05, 0) is 54.8 Å². The van der Waals surface area contributed by atoms with Crippen LogP contribution < -0.4 is 0 Å². The van der Waals surface area contributed by atoms with Crippen molar-refractivity contribution < 1.29 is 9.53 Å². The predicted molar refractivity (Wildman–Crippen MR) is 116 cm³/mol. The van der Waals surface area contributed by atoms with E-state index >= 15 is 0 Å². The Labute approximate surface area is 181 Å². The van der Waals surface area contributed by atoms with Crippen molar-refractivity contribution in [3.63, 3.8) is 0 Å². The van der Waals surface area contributed by atoms with Gasteiger partial charge in [-0.25, -0.2) is 0 Å². The number of benzene rings is 1. The summed E-state index contributed by atoms with van der Waals surface area (Å²) in [5.74, 6) is 0.0611. The summed E-state index contributed by atoms with van der Waals surface area (Å²) in [5.41, 5.74) is 4.77. The summed E-state index contributed by atoms with van der Waals surface area (Å²) in [7, 11) is 0. The SMILES string of the molecule is Cc1cc(Cc2ccccc2Cl)cc([C@@H]2CN(C(=O)Cc3ccccn3)CCO2)n1. The van der Waals surface area contributed by atoms with E-state index in [1.165, 1.54) is 0 Å². The van der Waals surface area contributed by atoms with Crippen LogP contribution in [-0.2, 0) is 22.4 Å². The van der Waals surface area contributed by atoms with E-state index in [1.54, 1.807) is 6.20 Å². The van der Waals surface area contributed by atoms with Crippen molar-refractivity contribution in [1.29, 1.82) is 0 Å². The van der Waals surface area contributed by atoms with Gasteiger partial charge in [0.1, 0.15) is 6.10 Å². The number of hydrogen-bond acceptors (Lipinski definition) is 4. The van der Waals surface area contributed by atoms with Gasteiger partial charge in [-0.15, -0.1) is 0 Å². The second-order valence-corrected chi connectivity index (χ2v) is 7.91. The Kier molecular flexibility index (Phi) is 6.41. The summed E-state index contributed by atoms with van der Waals surface area (Å²) in [6.45, 7) is 3.55. The molecule has 5 nitrogen and oxygen atoms in total. The molecule has 1 fully saturated rings. The Balaban J connectivity index is 1.48. The zero-order valence-electron chi connectivity index (χ0n) is 16.9. The molecule has 1 aliphatic rings. The fourth-order valence-electron chi connectivity index (χ4n) is 3.72. The third kappa shape index (κ3) is 5.04. The lowest BCUT2D eigenvalue weighted by Gasteiger charge is -2.33. The third-order valence-electron chi connectivity index (χ3n) is 5.19. The zero-order valence-corrected chi connectivity index (χ0v) is 17.7. The molecule has 2 aromatic heterocycles. The van der Waals surface area contributed by atoms with Crippen molar-refractivity contribution in [2.24, 2.45) is 0 Å². The third-order valence-corrected chi connectivity index (χ3v) is 5.56. The van der Waals surface area contributed by atoms with Crippen molar-refractivity contribution in [3.8, 4) is 0 Å². The lowest BCUT2D eigenvalue weighted by atomic mass is 10.0. The number of aryl methyl sites for hydroxylation is 1. The Bertz CT molecular complexity index is 1030. The number of amides is 1. The van der Waals surface area contributed by atoms with Crippen molar-refractivity contribution in [2.45, 2.75) is 25.9 Å². The Morgan fingerprint density at radius 2 is 2.03 bits per heavy atom. The molecule has 1 amide bonds. The van der Waals surface area contributed by atoms with E-state index < -0.39 is 0 Å². The maximum Gasteiger partial charge on any atom is 0.228 e. The molecule has 0 saturated carbocycles. The Morgan fingerprint density at radius 1 is 1.20 bits per heavy atom. The van der Waals surface area contributed by atoms with Gasteiger partial charge in [-0.1, -0.05) is 35.9 Å². The number of carbonyl (C=O) groups excluding carboxylic acids is 1. The van der Waals surface area contributed by atoms with Gasteiger partial charge in [0.2, 0.25) is 5.91 Å². The predicted octanol–water partition coefficient (Wildman–Crippen LogP) is 4.17. The lowest BCUT2D eigenvalue weighted by Crippen LogP contribution is -2.43. The summed E-state index contributed by atoms with van der Waals surface area (Å²) in [4.78, 5) is 23.6. The van der Waals surface area contributed by atoms with E-state index in [4.69, 9.17) is 21.3 Å². The monoisotopic (exact) mass is 421 g/mol. The van der Waals surface area contributed by atoms with E-state index in [0.29, 0.717) is 26.1 Å². The normalized spacial score (nSPS) is 16.5. The molecule has 6 heteroatoms. The van der Waals surface area contributed by atoms with Crippen LogP contribution in [0.1, 0.15) is 34.3 Å². The van der Waals surface area contributed by atoms with Gasteiger partial charge in [0.25, 0.3) is 0 Å². The van der Waals surface area contributed by atoms with Crippen LogP contribution in [0.25, 0.3) is 0 Å². The number of morpholine rings is 1. The average Bonchev–Trinajstić information content (AvgIpc) is 2.76. The maximum absolute atomic E-state index is 12.8. The first-order valence-electron chi connectivity index (χ1n) is 10.1. The standard InChI is InChI=1S/C24H24ClN3O2/c1-17-12-18(13-19-6-2-3-8-21(19)25)14-22(27-17)23-16-28(10-11-30-23)24(29)15-20-7-4-5-9-26-20/h2-9,12,14,23H,10-11,13,15-16H2,1H3/t23-/m0/s1. The Morgan fingerprint density at radius 3 is 2.83 bits per heavy atom. The topological polar surface area (TPSA) is 55.3 Å². The second kappa shape index (κ2) is 9.37. The minimum atomic E-state index is -0.240. The van der Waals surface area contributed by atoms with E-state index in [1.807, 2.05) is 54.3 Å². The summed E-state index contributed by atoms with van der Waals surface area (Å²) in [6, 6.07) is 17.6. The number of pyridine rings is 2. The molecule has 0 unspecified atom stereocenters. The molecule has 3 heterocycles. The summed E-state index contributed by atoms with van der Waals surface area (Å²) in [6.07, 6.45) is 2.50. The fourth-order valence-corrected chi connectivity index (χ4v) is 3.92. The molecule has 0 spiro atoms. The number of halogens is 1. The second-order valence-electron chi connectivity index (χ2n) is 7.51. The molecule has 154 valence electrons. The summed E-state index contributed by atoms with van der Waals surface area (Å²) in [5, 5.41) is 0.758. The highest BCUT2D eigenvalue weighted by Crippen LogP contribution is 2.25. The van der Waals surface area contributed by atoms with Gasteiger partial charge >= 0.3 is 0 Å². The maximum atomic E-state index is 12.8. The molecule has 1 atom stereocenters. The molecule has 1 saturated heterocycles. The fraction of sp³-hybridized carbons (Fsp3) is 0.292.